The van der Waals surface area contributed by atoms with Gasteiger partial charge in [0.1, 0.15) is 5.60 Å². The standard InChI is InChI=1S/C14H15N3O3/c1-14(2,20)13(19)15-10-5-3-9(4-6-10)11-7-8-12(18)17-16-11/h3-8,20H,1-2H3,(H,15,19)(H,17,18). The van der Waals surface area contributed by atoms with E-state index >= 15 is 0 Å². The molecule has 20 heavy (non-hydrogen) atoms. The van der Waals surface area contributed by atoms with E-state index in [1.807, 2.05) is 0 Å². The topological polar surface area (TPSA) is 95.1 Å². The van der Waals surface area contributed by atoms with Gasteiger partial charge in [-0.1, -0.05) is 12.1 Å². The number of carbonyl (C=O) groups excluding carboxylic acids is 1. The highest BCUT2D eigenvalue weighted by molar-refractivity contribution is 5.96. The summed E-state index contributed by atoms with van der Waals surface area (Å²) in [5.74, 6) is -0.479. The lowest BCUT2D eigenvalue weighted by molar-refractivity contribution is -0.130. The van der Waals surface area contributed by atoms with Crippen LogP contribution in [0.15, 0.2) is 41.2 Å². The van der Waals surface area contributed by atoms with Crippen LogP contribution in [0.3, 0.4) is 0 Å². The number of benzene rings is 1. The molecule has 0 saturated heterocycles. The summed E-state index contributed by atoms with van der Waals surface area (Å²) in [7, 11) is 0. The number of anilines is 1. The summed E-state index contributed by atoms with van der Waals surface area (Å²) in [6, 6.07) is 9.94. The number of nitrogens with one attached hydrogen (secondary N) is 2. The molecule has 1 amide bonds. The van der Waals surface area contributed by atoms with Crippen LogP contribution in [0.5, 0.6) is 0 Å². The van der Waals surface area contributed by atoms with Crippen molar-refractivity contribution in [3.05, 3.63) is 46.8 Å². The van der Waals surface area contributed by atoms with E-state index in [2.05, 4.69) is 15.5 Å². The van der Waals surface area contributed by atoms with Gasteiger partial charge in [0.25, 0.3) is 11.5 Å². The Morgan fingerprint density at radius 2 is 1.85 bits per heavy atom. The van der Waals surface area contributed by atoms with Crippen LogP contribution in [0.4, 0.5) is 5.69 Å². The lowest BCUT2D eigenvalue weighted by Gasteiger charge is -2.16. The molecule has 1 aromatic carbocycles. The van der Waals surface area contributed by atoms with Gasteiger partial charge in [-0.2, -0.15) is 5.10 Å². The summed E-state index contributed by atoms with van der Waals surface area (Å²) in [6.45, 7) is 2.84. The number of carbonyl (C=O) groups is 1. The summed E-state index contributed by atoms with van der Waals surface area (Å²) >= 11 is 0. The molecule has 1 heterocycles. The van der Waals surface area contributed by atoms with Crippen molar-refractivity contribution in [1.82, 2.24) is 10.2 Å². The molecule has 0 aliphatic heterocycles. The highest BCUT2D eigenvalue weighted by Gasteiger charge is 2.23. The maximum atomic E-state index is 11.6. The third-order valence-electron chi connectivity index (χ3n) is 2.67. The molecule has 0 atom stereocenters. The number of aromatic nitrogens is 2. The van der Waals surface area contributed by atoms with Crippen molar-refractivity contribution < 1.29 is 9.90 Å². The molecule has 0 aliphatic rings. The maximum Gasteiger partial charge on any atom is 0.264 e. The minimum absolute atomic E-state index is 0.261. The molecule has 2 rings (SSSR count). The van der Waals surface area contributed by atoms with Crippen LogP contribution >= 0.6 is 0 Å². The Hall–Kier alpha value is -2.47. The number of nitrogens with zero attached hydrogens (tertiary/aromatic N) is 1. The second-order valence-electron chi connectivity index (χ2n) is 4.90. The van der Waals surface area contributed by atoms with Crippen molar-refractivity contribution in [3.8, 4) is 11.3 Å². The number of aromatic amines is 1. The number of aliphatic hydroxyl groups is 1. The molecule has 0 aliphatic carbocycles. The Morgan fingerprint density at radius 3 is 2.35 bits per heavy atom. The summed E-state index contributed by atoms with van der Waals surface area (Å²) < 4.78 is 0. The van der Waals surface area contributed by atoms with Crippen molar-refractivity contribution in [1.29, 1.82) is 0 Å². The quantitative estimate of drug-likeness (QED) is 0.781. The van der Waals surface area contributed by atoms with Gasteiger partial charge in [0.2, 0.25) is 0 Å². The third-order valence-corrected chi connectivity index (χ3v) is 2.67. The summed E-state index contributed by atoms with van der Waals surface area (Å²) in [5.41, 5.74) is 0.319. The monoisotopic (exact) mass is 273 g/mol. The van der Waals surface area contributed by atoms with Gasteiger partial charge < -0.3 is 10.4 Å². The fourth-order valence-electron chi connectivity index (χ4n) is 1.51. The van der Waals surface area contributed by atoms with E-state index in [1.54, 1.807) is 30.3 Å². The first-order chi connectivity index (χ1) is 9.36. The Balaban J connectivity index is 2.16. The van der Waals surface area contributed by atoms with Crippen LogP contribution in [0.1, 0.15) is 13.8 Å². The van der Waals surface area contributed by atoms with Crippen molar-refractivity contribution in [3.63, 3.8) is 0 Å². The number of hydrogen-bond acceptors (Lipinski definition) is 4. The zero-order valence-corrected chi connectivity index (χ0v) is 11.2. The molecule has 6 nitrogen and oxygen atoms in total. The Bertz CT molecular complexity index is 649. The summed E-state index contributed by atoms with van der Waals surface area (Å²) in [6.07, 6.45) is 0. The zero-order valence-electron chi connectivity index (χ0n) is 11.2. The minimum atomic E-state index is -1.43. The predicted molar refractivity (Wildman–Crippen MR) is 75.2 cm³/mol. The lowest BCUT2D eigenvalue weighted by Crippen LogP contribution is -2.36. The van der Waals surface area contributed by atoms with E-state index < -0.39 is 11.5 Å². The SMILES string of the molecule is CC(C)(O)C(=O)Nc1ccc(-c2ccc(=O)[nH]n2)cc1. The Morgan fingerprint density at radius 1 is 1.20 bits per heavy atom. The Labute approximate surface area is 115 Å². The van der Waals surface area contributed by atoms with Crippen LogP contribution in [-0.2, 0) is 4.79 Å². The van der Waals surface area contributed by atoms with Gasteiger partial charge in [-0.05, 0) is 32.0 Å². The van der Waals surface area contributed by atoms with E-state index in [1.165, 1.54) is 19.9 Å². The third kappa shape index (κ3) is 3.30. The molecule has 6 heteroatoms. The minimum Gasteiger partial charge on any atom is -0.381 e. The fourth-order valence-corrected chi connectivity index (χ4v) is 1.51. The smallest absolute Gasteiger partial charge is 0.264 e. The van der Waals surface area contributed by atoms with Gasteiger partial charge >= 0.3 is 0 Å². The Kier molecular flexibility index (Phi) is 3.67. The van der Waals surface area contributed by atoms with E-state index in [4.69, 9.17) is 0 Å². The molecule has 0 spiro atoms. The van der Waals surface area contributed by atoms with E-state index in [0.29, 0.717) is 11.4 Å². The second kappa shape index (κ2) is 5.26. The first kappa shape index (κ1) is 14.0. The highest BCUT2D eigenvalue weighted by atomic mass is 16.3. The van der Waals surface area contributed by atoms with Crippen molar-refractivity contribution in [2.75, 3.05) is 5.32 Å². The first-order valence-electron chi connectivity index (χ1n) is 6.06. The average molecular weight is 273 g/mol. The summed E-state index contributed by atoms with van der Waals surface area (Å²) in [4.78, 5) is 22.5. The van der Waals surface area contributed by atoms with Gasteiger partial charge in [-0.3, -0.25) is 9.59 Å². The largest absolute Gasteiger partial charge is 0.381 e. The van der Waals surface area contributed by atoms with Gasteiger partial charge in [-0.25, -0.2) is 5.10 Å². The van der Waals surface area contributed by atoms with Crippen LogP contribution in [0.2, 0.25) is 0 Å². The maximum absolute atomic E-state index is 11.6. The molecule has 0 bridgehead atoms. The molecule has 104 valence electrons. The molecule has 2 aromatic rings. The molecule has 0 saturated carbocycles. The van der Waals surface area contributed by atoms with Crippen LogP contribution in [0.25, 0.3) is 11.3 Å². The molecule has 0 radical (unpaired) electrons. The van der Waals surface area contributed by atoms with E-state index in [9.17, 15) is 14.7 Å². The number of rotatable bonds is 3. The van der Waals surface area contributed by atoms with Crippen molar-refractivity contribution in [2.45, 2.75) is 19.4 Å². The lowest BCUT2D eigenvalue weighted by atomic mass is 10.1. The van der Waals surface area contributed by atoms with Gasteiger partial charge in [0, 0.05) is 17.3 Å². The molecule has 3 N–H and O–H groups in total. The van der Waals surface area contributed by atoms with E-state index in [-0.39, 0.29) is 5.56 Å². The molecular weight excluding hydrogens is 258 g/mol. The van der Waals surface area contributed by atoms with E-state index in [0.717, 1.165) is 5.56 Å². The molecule has 0 unspecified atom stereocenters. The van der Waals surface area contributed by atoms with Gasteiger partial charge in [-0.15, -0.1) is 0 Å². The second-order valence-corrected chi connectivity index (χ2v) is 4.90. The number of hydrogen-bond donors (Lipinski definition) is 3. The highest BCUT2D eigenvalue weighted by Crippen LogP contribution is 2.19. The predicted octanol–water partition coefficient (Wildman–Crippen LogP) is 1.15. The number of amides is 1. The van der Waals surface area contributed by atoms with Crippen molar-refractivity contribution in [2.24, 2.45) is 0 Å². The molecule has 0 fully saturated rings. The zero-order chi connectivity index (χ0) is 14.8. The average Bonchev–Trinajstić information content (AvgIpc) is 2.39. The molecular formula is C14H15N3O3. The summed E-state index contributed by atoms with van der Waals surface area (Å²) in [5, 5.41) is 18.4. The van der Waals surface area contributed by atoms with Gasteiger partial charge in [0.05, 0.1) is 5.69 Å². The van der Waals surface area contributed by atoms with Crippen LogP contribution < -0.4 is 10.9 Å². The van der Waals surface area contributed by atoms with Gasteiger partial charge in [0.15, 0.2) is 0 Å². The van der Waals surface area contributed by atoms with Crippen LogP contribution in [0, 0.1) is 0 Å². The van der Waals surface area contributed by atoms with Crippen LogP contribution in [-0.4, -0.2) is 26.8 Å². The first-order valence-corrected chi connectivity index (χ1v) is 6.06. The fraction of sp³-hybridized carbons (Fsp3) is 0.214. The molecule has 1 aromatic heterocycles. The number of H-pyrrole nitrogens is 1. The van der Waals surface area contributed by atoms with Crippen molar-refractivity contribution >= 4 is 11.6 Å². The normalized spacial score (nSPS) is 11.2.